The highest BCUT2D eigenvalue weighted by molar-refractivity contribution is 5.94. The summed E-state index contributed by atoms with van der Waals surface area (Å²) < 4.78 is 28.8. The molecule has 2 amide bonds. The van der Waals surface area contributed by atoms with E-state index < -0.39 is 6.61 Å². The van der Waals surface area contributed by atoms with Crippen LogP contribution in [0, 0.1) is 5.41 Å². The number of carbonyl (C=O) groups is 2. The number of aliphatic hydroxyl groups is 1. The smallest absolute Gasteiger partial charge is 0.387 e. The lowest BCUT2D eigenvalue weighted by atomic mass is 9.73. The van der Waals surface area contributed by atoms with E-state index in [1.54, 1.807) is 9.80 Å². The molecule has 0 radical (unpaired) electrons. The number of likely N-dealkylation sites (tertiary alicyclic amines) is 2. The van der Waals surface area contributed by atoms with Crippen molar-refractivity contribution in [2.45, 2.75) is 32.3 Å². The van der Waals surface area contributed by atoms with Crippen LogP contribution in [0.5, 0.6) is 5.75 Å². The maximum Gasteiger partial charge on any atom is 0.387 e. The van der Waals surface area contributed by atoms with Gasteiger partial charge in [0, 0.05) is 43.6 Å². The first-order chi connectivity index (χ1) is 12.9. The number of amides is 2. The Morgan fingerprint density at radius 3 is 2.63 bits per heavy atom. The Labute approximate surface area is 156 Å². The van der Waals surface area contributed by atoms with Crippen LogP contribution >= 0.6 is 0 Å². The first-order valence-corrected chi connectivity index (χ1v) is 9.15. The fourth-order valence-electron chi connectivity index (χ4n) is 4.10. The number of benzene rings is 1. The fourth-order valence-corrected chi connectivity index (χ4v) is 4.10. The van der Waals surface area contributed by atoms with Crippen LogP contribution in [0.3, 0.4) is 0 Å². The molecule has 0 aromatic heterocycles. The van der Waals surface area contributed by atoms with Gasteiger partial charge in [0.1, 0.15) is 5.75 Å². The van der Waals surface area contributed by atoms with E-state index >= 15 is 0 Å². The number of ether oxygens (including phenoxy) is 1. The predicted molar refractivity (Wildman–Crippen MR) is 93.5 cm³/mol. The molecule has 0 bridgehead atoms. The van der Waals surface area contributed by atoms with Crippen LogP contribution in [0.4, 0.5) is 8.78 Å². The van der Waals surface area contributed by atoms with Crippen molar-refractivity contribution in [1.29, 1.82) is 0 Å². The zero-order chi connectivity index (χ0) is 19.4. The Morgan fingerprint density at radius 1 is 1.22 bits per heavy atom. The molecule has 1 aromatic carbocycles. The molecule has 2 aliphatic rings. The second-order valence-electron chi connectivity index (χ2n) is 7.27. The molecule has 2 fully saturated rings. The van der Waals surface area contributed by atoms with Crippen LogP contribution in [-0.4, -0.2) is 66.1 Å². The number of hydrogen-bond acceptors (Lipinski definition) is 4. The summed E-state index contributed by atoms with van der Waals surface area (Å²) in [6.07, 6.45) is 2.95. The Hall–Kier alpha value is -2.22. The highest BCUT2D eigenvalue weighted by Gasteiger charge is 2.42. The minimum Gasteiger partial charge on any atom is -0.435 e. The molecule has 2 heterocycles. The topological polar surface area (TPSA) is 70.1 Å². The normalized spacial score (nSPS) is 23.2. The molecule has 27 heavy (non-hydrogen) atoms. The fraction of sp³-hybridized carbons (Fsp3) is 0.579. The van der Waals surface area contributed by atoms with Gasteiger partial charge in [-0.2, -0.15) is 8.78 Å². The van der Waals surface area contributed by atoms with Gasteiger partial charge in [0.05, 0.1) is 6.61 Å². The Balaban J connectivity index is 1.68. The summed E-state index contributed by atoms with van der Waals surface area (Å²) in [5, 5.41) is 9.17. The third kappa shape index (κ3) is 4.55. The van der Waals surface area contributed by atoms with Crippen molar-refractivity contribution >= 4 is 11.8 Å². The Bertz CT molecular complexity index is 683. The highest BCUT2D eigenvalue weighted by atomic mass is 19.3. The van der Waals surface area contributed by atoms with Gasteiger partial charge in [0.2, 0.25) is 5.91 Å². The molecule has 0 aliphatic carbocycles. The van der Waals surface area contributed by atoms with Crippen molar-refractivity contribution in [3.05, 3.63) is 29.8 Å². The minimum absolute atomic E-state index is 0.0158. The van der Waals surface area contributed by atoms with Crippen LogP contribution in [-0.2, 0) is 4.79 Å². The van der Waals surface area contributed by atoms with E-state index in [1.165, 1.54) is 24.3 Å². The second-order valence-corrected chi connectivity index (χ2v) is 7.27. The largest absolute Gasteiger partial charge is 0.435 e. The van der Waals surface area contributed by atoms with E-state index in [9.17, 15) is 23.5 Å². The number of rotatable bonds is 5. The zero-order valence-electron chi connectivity index (χ0n) is 15.1. The summed E-state index contributed by atoms with van der Waals surface area (Å²) in [6, 6.07) is 5.70. The van der Waals surface area contributed by atoms with Crippen molar-refractivity contribution in [2.24, 2.45) is 5.41 Å². The lowest BCUT2D eigenvalue weighted by molar-refractivity contribution is -0.139. The number of hydrogen-bond donors (Lipinski definition) is 1. The molecule has 3 rings (SSSR count). The average Bonchev–Trinajstić information content (AvgIpc) is 2.65. The molecule has 6 nitrogen and oxygen atoms in total. The van der Waals surface area contributed by atoms with E-state index in [4.69, 9.17) is 0 Å². The molecular formula is C19H24F2N2O4. The standard InChI is InChI=1S/C19H24F2N2O4/c20-18(21)27-15-4-2-14(3-5-15)17(26)23-9-1-7-19(13-23)8-6-16(25)22(12-19)10-11-24/h2-5,18,24H,1,6-13H2/t19-/m0/s1. The van der Waals surface area contributed by atoms with Crippen molar-refractivity contribution < 1.29 is 28.2 Å². The van der Waals surface area contributed by atoms with Crippen LogP contribution in [0.15, 0.2) is 24.3 Å². The molecule has 1 N–H and O–H groups in total. The molecule has 148 valence electrons. The third-order valence-corrected chi connectivity index (χ3v) is 5.39. The van der Waals surface area contributed by atoms with Crippen LogP contribution < -0.4 is 4.74 Å². The van der Waals surface area contributed by atoms with Crippen LogP contribution in [0.25, 0.3) is 0 Å². The zero-order valence-corrected chi connectivity index (χ0v) is 15.1. The van der Waals surface area contributed by atoms with Crippen molar-refractivity contribution in [1.82, 2.24) is 9.80 Å². The summed E-state index contributed by atoms with van der Waals surface area (Å²) in [4.78, 5) is 28.3. The SMILES string of the molecule is O=C1CC[C@@]2(CCCN(C(=O)c3ccc(OC(F)F)cc3)C2)CN1CCO. The molecule has 1 atom stereocenters. The van der Waals surface area contributed by atoms with Crippen molar-refractivity contribution in [3.8, 4) is 5.75 Å². The van der Waals surface area contributed by atoms with Crippen LogP contribution in [0.1, 0.15) is 36.0 Å². The Morgan fingerprint density at radius 2 is 1.96 bits per heavy atom. The molecular weight excluding hydrogens is 358 g/mol. The first-order valence-electron chi connectivity index (χ1n) is 9.15. The monoisotopic (exact) mass is 382 g/mol. The molecule has 2 saturated heterocycles. The third-order valence-electron chi connectivity index (χ3n) is 5.39. The second kappa shape index (κ2) is 8.21. The molecule has 0 saturated carbocycles. The summed E-state index contributed by atoms with van der Waals surface area (Å²) >= 11 is 0. The first kappa shape index (κ1) is 19.5. The average molecular weight is 382 g/mol. The van der Waals surface area contributed by atoms with E-state index in [0.717, 1.165) is 19.3 Å². The number of carbonyl (C=O) groups excluding carboxylic acids is 2. The number of β-amino-alcohol motifs (C(OH)–C–C–N with tert-alkyl or cyclic N) is 1. The Kier molecular flexibility index (Phi) is 5.94. The lowest BCUT2D eigenvalue weighted by Crippen LogP contribution is -2.55. The number of piperidine rings is 2. The molecule has 2 aliphatic heterocycles. The van der Waals surface area contributed by atoms with Gasteiger partial charge in [0.15, 0.2) is 0 Å². The van der Waals surface area contributed by atoms with Gasteiger partial charge < -0.3 is 19.6 Å². The molecule has 1 spiro atoms. The van der Waals surface area contributed by atoms with Gasteiger partial charge in [-0.15, -0.1) is 0 Å². The summed E-state index contributed by atoms with van der Waals surface area (Å²) in [5.74, 6) is -0.0851. The number of aliphatic hydroxyl groups excluding tert-OH is 1. The lowest BCUT2D eigenvalue weighted by Gasteiger charge is -2.48. The molecule has 0 unspecified atom stereocenters. The van der Waals surface area contributed by atoms with Gasteiger partial charge in [-0.05, 0) is 43.5 Å². The highest BCUT2D eigenvalue weighted by Crippen LogP contribution is 2.39. The minimum atomic E-state index is -2.90. The maximum absolute atomic E-state index is 12.8. The summed E-state index contributed by atoms with van der Waals surface area (Å²) in [6.45, 7) is -0.917. The van der Waals surface area contributed by atoms with E-state index in [2.05, 4.69) is 4.74 Å². The predicted octanol–water partition coefficient (Wildman–Crippen LogP) is 2.13. The van der Waals surface area contributed by atoms with Gasteiger partial charge >= 0.3 is 6.61 Å². The van der Waals surface area contributed by atoms with Gasteiger partial charge in [0.25, 0.3) is 5.91 Å². The van der Waals surface area contributed by atoms with E-state index in [0.29, 0.717) is 38.2 Å². The van der Waals surface area contributed by atoms with Gasteiger partial charge in [-0.25, -0.2) is 0 Å². The molecule has 8 heteroatoms. The van der Waals surface area contributed by atoms with Gasteiger partial charge in [-0.3, -0.25) is 9.59 Å². The van der Waals surface area contributed by atoms with E-state index in [-0.39, 0.29) is 29.6 Å². The summed E-state index contributed by atoms with van der Waals surface area (Å²) in [5.41, 5.74) is 0.281. The quantitative estimate of drug-likeness (QED) is 0.847. The van der Waals surface area contributed by atoms with E-state index in [1.807, 2.05) is 0 Å². The van der Waals surface area contributed by atoms with Crippen molar-refractivity contribution in [3.63, 3.8) is 0 Å². The molecule has 1 aromatic rings. The van der Waals surface area contributed by atoms with Gasteiger partial charge in [-0.1, -0.05) is 0 Å². The number of halogens is 2. The van der Waals surface area contributed by atoms with Crippen LogP contribution in [0.2, 0.25) is 0 Å². The maximum atomic E-state index is 12.8. The number of nitrogens with zero attached hydrogens (tertiary/aromatic N) is 2. The van der Waals surface area contributed by atoms with Crippen molar-refractivity contribution in [2.75, 3.05) is 32.8 Å². The number of alkyl halides is 2. The summed E-state index contributed by atoms with van der Waals surface area (Å²) in [7, 11) is 0.